The highest BCUT2D eigenvalue weighted by Crippen LogP contribution is 2.32. The topological polar surface area (TPSA) is 77.1 Å². The first-order chi connectivity index (χ1) is 13.0. The van der Waals surface area contributed by atoms with Gasteiger partial charge in [0.25, 0.3) is 0 Å². The summed E-state index contributed by atoms with van der Waals surface area (Å²) in [6.45, 7) is 4.94. The third-order valence-electron chi connectivity index (χ3n) is 4.38. The van der Waals surface area contributed by atoms with E-state index in [0.717, 1.165) is 11.1 Å². The Kier molecular flexibility index (Phi) is 5.49. The quantitative estimate of drug-likeness (QED) is 0.815. The summed E-state index contributed by atoms with van der Waals surface area (Å²) in [6.07, 6.45) is 0. The number of ether oxygens (including phenoxy) is 3. The van der Waals surface area contributed by atoms with Gasteiger partial charge in [-0.1, -0.05) is 12.1 Å². The minimum atomic E-state index is -0.446. The molecule has 0 fully saturated rings. The van der Waals surface area contributed by atoms with E-state index in [1.54, 1.807) is 23.1 Å². The second kappa shape index (κ2) is 7.99. The third kappa shape index (κ3) is 4.13. The van der Waals surface area contributed by atoms with Gasteiger partial charge in [0, 0.05) is 18.8 Å². The Balaban J connectivity index is 1.73. The van der Waals surface area contributed by atoms with Crippen LogP contribution in [-0.2, 0) is 11.3 Å². The Bertz CT molecular complexity index is 865. The predicted octanol–water partition coefficient (Wildman–Crippen LogP) is 3.56. The number of aryl methyl sites for hydroxylation is 1. The number of esters is 1. The maximum absolute atomic E-state index is 12.7. The van der Waals surface area contributed by atoms with Crippen molar-refractivity contribution in [3.05, 3.63) is 53.1 Å². The SMILES string of the molecule is CCN(Cc1ccc2c(c1)OCO2)C(=O)Nc1cc(C(=O)OC)ccc1C. The summed E-state index contributed by atoms with van der Waals surface area (Å²) < 4.78 is 15.4. The number of fused-ring (bicyclic) bond motifs is 1. The van der Waals surface area contributed by atoms with Crippen LogP contribution in [0.4, 0.5) is 10.5 Å². The number of hydrogen-bond donors (Lipinski definition) is 1. The smallest absolute Gasteiger partial charge is 0.337 e. The summed E-state index contributed by atoms with van der Waals surface area (Å²) in [4.78, 5) is 26.1. The van der Waals surface area contributed by atoms with Crippen molar-refractivity contribution in [2.75, 3.05) is 25.8 Å². The van der Waals surface area contributed by atoms with Gasteiger partial charge >= 0.3 is 12.0 Å². The number of benzene rings is 2. The number of nitrogens with one attached hydrogen (secondary N) is 1. The lowest BCUT2D eigenvalue weighted by Crippen LogP contribution is -2.34. The molecule has 0 radical (unpaired) electrons. The van der Waals surface area contributed by atoms with Gasteiger partial charge in [-0.25, -0.2) is 9.59 Å². The number of rotatable bonds is 5. The Labute approximate surface area is 157 Å². The molecule has 0 aromatic heterocycles. The van der Waals surface area contributed by atoms with Gasteiger partial charge in [0.05, 0.1) is 12.7 Å². The van der Waals surface area contributed by atoms with Crippen LogP contribution in [0, 0.1) is 6.92 Å². The molecule has 0 saturated heterocycles. The minimum absolute atomic E-state index is 0.215. The molecule has 1 N–H and O–H groups in total. The molecule has 7 nitrogen and oxygen atoms in total. The van der Waals surface area contributed by atoms with E-state index < -0.39 is 5.97 Å². The van der Waals surface area contributed by atoms with Gasteiger partial charge in [0.1, 0.15) is 0 Å². The van der Waals surface area contributed by atoms with Crippen molar-refractivity contribution < 1.29 is 23.8 Å². The lowest BCUT2D eigenvalue weighted by molar-refractivity contribution is 0.0600. The van der Waals surface area contributed by atoms with Gasteiger partial charge in [0.2, 0.25) is 6.79 Å². The normalized spacial score (nSPS) is 11.8. The molecule has 2 aromatic carbocycles. The lowest BCUT2D eigenvalue weighted by Gasteiger charge is -2.22. The van der Waals surface area contributed by atoms with E-state index in [4.69, 9.17) is 14.2 Å². The summed E-state index contributed by atoms with van der Waals surface area (Å²) in [5, 5.41) is 2.88. The van der Waals surface area contributed by atoms with E-state index in [0.29, 0.717) is 35.8 Å². The van der Waals surface area contributed by atoms with Gasteiger partial charge in [-0.05, 0) is 49.2 Å². The van der Waals surface area contributed by atoms with Gasteiger partial charge in [-0.15, -0.1) is 0 Å². The Morgan fingerprint density at radius 1 is 1.15 bits per heavy atom. The molecule has 7 heteroatoms. The van der Waals surface area contributed by atoms with Crippen LogP contribution in [0.25, 0.3) is 0 Å². The molecule has 1 heterocycles. The van der Waals surface area contributed by atoms with E-state index in [1.807, 2.05) is 32.0 Å². The standard InChI is InChI=1S/C20H22N2O5/c1-4-22(11-14-6-8-17-18(9-14)27-12-26-17)20(24)21-16-10-15(19(23)25-3)7-5-13(16)2/h5-10H,4,11-12H2,1-3H3,(H,21,24). The van der Waals surface area contributed by atoms with Crippen LogP contribution in [0.1, 0.15) is 28.4 Å². The molecule has 2 amide bonds. The maximum Gasteiger partial charge on any atom is 0.337 e. The van der Waals surface area contributed by atoms with Crippen LogP contribution in [0.3, 0.4) is 0 Å². The molecule has 27 heavy (non-hydrogen) atoms. The maximum atomic E-state index is 12.7. The Hall–Kier alpha value is -3.22. The summed E-state index contributed by atoms with van der Waals surface area (Å²) in [7, 11) is 1.32. The predicted molar refractivity (Wildman–Crippen MR) is 100 cm³/mol. The highest BCUT2D eigenvalue weighted by Gasteiger charge is 2.18. The highest BCUT2D eigenvalue weighted by molar-refractivity contribution is 5.94. The van der Waals surface area contributed by atoms with E-state index in [-0.39, 0.29) is 12.8 Å². The first-order valence-corrected chi connectivity index (χ1v) is 8.65. The molecule has 0 spiro atoms. The molecular formula is C20H22N2O5. The number of carbonyl (C=O) groups is 2. The molecule has 0 aliphatic carbocycles. The molecular weight excluding hydrogens is 348 g/mol. The molecule has 2 aromatic rings. The van der Waals surface area contributed by atoms with Crippen LogP contribution in [0.5, 0.6) is 11.5 Å². The number of hydrogen-bond acceptors (Lipinski definition) is 5. The Morgan fingerprint density at radius 3 is 2.67 bits per heavy atom. The van der Waals surface area contributed by atoms with Gasteiger partial charge in [-0.2, -0.15) is 0 Å². The zero-order valence-electron chi connectivity index (χ0n) is 15.6. The molecule has 0 bridgehead atoms. The van der Waals surface area contributed by atoms with E-state index >= 15 is 0 Å². The zero-order valence-corrected chi connectivity index (χ0v) is 15.6. The van der Waals surface area contributed by atoms with E-state index in [2.05, 4.69) is 5.32 Å². The molecule has 0 atom stereocenters. The van der Waals surface area contributed by atoms with Gasteiger partial charge in [-0.3, -0.25) is 0 Å². The van der Waals surface area contributed by atoms with Crippen LogP contribution >= 0.6 is 0 Å². The van der Waals surface area contributed by atoms with Crippen molar-refractivity contribution in [2.45, 2.75) is 20.4 Å². The fraction of sp³-hybridized carbons (Fsp3) is 0.300. The summed E-state index contributed by atoms with van der Waals surface area (Å²) in [6, 6.07) is 10.4. The van der Waals surface area contributed by atoms with Crippen molar-refractivity contribution >= 4 is 17.7 Å². The largest absolute Gasteiger partial charge is 0.465 e. The number of amides is 2. The van der Waals surface area contributed by atoms with Crippen LogP contribution in [0.15, 0.2) is 36.4 Å². The van der Waals surface area contributed by atoms with Gasteiger partial charge < -0.3 is 24.4 Å². The fourth-order valence-electron chi connectivity index (χ4n) is 2.78. The minimum Gasteiger partial charge on any atom is -0.465 e. The number of methoxy groups -OCH3 is 1. The third-order valence-corrected chi connectivity index (χ3v) is 4.38. The van der Waals surface area contributed by atoms with Crippen molar-refractivity contribution in [2.24, 2.45) is 0 Å². The van der Waals surface area contributed by atoms with Gasteiger partial charge in [0.15, 0.2) is 11.5 Å². The van der Waals surface area contributed by atoms with Crippen molar-refractivity contribution in [1.29, 1.82) is 0 Å². The monoisotopic (exact) mass is 370 g/mol. The average Bonchev–Trinajstić information content (AvgIpc) is 3.14. The molecule has 142 valence electrons. The zero-order chi connectivity index (χ0) is 19.4. The second-order valence-corrected chi connectivity index (χ2v) is 6.15. The average molecular weight is 370 g/mol. The lowest BCUT2D eigenvalue weighted by atomic mass is 10.1. The molecule has 3 rings (SSSR count). The molecule has 1 aliphatic heterocycles. The first kappa shape index (κ1) is 18.6. The van der Waals surface area contributed by atoms with Crippen LogP contribution < -0.4 is 14.8 Å². The summed E-state index contributed by atoms with van der Waals surface area (Å²) >= 11 is 0. The number of anilines is 1. The highest BCUT2D eigenvalue weighted by atomic mass is 16.7. The summed E-state index contributed by atoms with van der Waals surface area (Å²) in [5.74, 6) is 0.949. The molecule has 1 aliphatic rings. The van der Waals surface area contributed by atoms with Crippen LogP contribution in [-0.4, -0.2) is 37.3 Å². The van der Waals surface area contributed by atoms with Crippen molar-refractivity contribution in [1.82, 2.24) is 4.90 Å². The van der Waals surface area contributed by atoms with Crippen molar-refractivity contribution in [3.8, 4) is 11.5 Å². The Morgan fingerprint density at radius 2 is 1.93 bits per heavy atom. The van der Waals surface area contributed by atoms with E-state index in [9.17, 15) is 9.59 Å². The second-order valence-electron chi connectivity index (χ2n) is 6.15. The number of nitrogens with zero attached hydrogens (tertiary/aromatic N) is 1. The molecule has 0 unspecified atom stereocenters. The number of carbonyl (C=O) groups excluding carboxylic acids is 2. The molecule has 0 saturated carbocycles. The van der Waals surface area contributed by atoms with Crippen molar-refractivity contribution in [3.63, 3.8) is 0 Å². The van der Waals surface area contributed by atoms with E-state index in [1.165, 1.54) is 7.11 Å². The summed E-state index contributed by atoms with van der Waals surface area (Å²) in [5.41, 5.74) is 2.76. The van der Waals surface area contributed by atoms with Crippen LogP contribution in [0.2, 0.25) is 0 Å². The number of urea groups is 1. The first-order valence-electron chi connectivity index (χ1n) is 8.65. The fourth-order valence-corrected chi connectivity index (χ4v) is 2.78.